The SMILES string of the molecule is COc1cc(OC)cc(C(=O)N2CCC3(CC2)C(=O)N(CC(=O)NCc2ccccc2)CN3c2ccccc2)c1. The van der Waals surface area contributed by atoms with Crippen molar-refractivity contribution in [3.8, 4) is 11.5 Å². The number of anilines is 1. The van der Waals surface area contributed by atoms with Gasteiger partial charge in [0.1, 0.15) is 23.6 Å². The van der Waals surface area contributed by atoms with Crippen molar-refractivity contribution < 1.29 is 23.9 Å². The van der Waals surface area contributed by atoms with Gasteiger partial charge in [-0.2, -0.15) is 0 Å². The Morgan fingerprint density at radius 1 is 0.875 bits per heavy atom. The monoisotopic (exact) mass is 542 g/mol. The highest BCUT2D eigenvalue weighted by Crippen LogP contribution is 2.40. The van der Waals surface area contributed by atoms with Gasteiger partial charge in [-0.15, -0.1) is 0 Å². The molecule has 5 rings (SSSR count). The van der Waals surface area contributed by atoms with Crippen LogP contribution in [0.25, 0.3) is 0 Å². The van der Waals surface area contributed by atoms with E-state index in [2.05, 4.69) is 10.2 Å². The van der Waals surface area contributed by atoms with Crippen LogP contribution in [0.3, 0.4) is 0 Å². The van der Waals surface area contributed by atoms with Gasteiger partial charge in [-0.25, -0.2) is 0 Å². The largest absolute Gasteiger partial charge is 0.497 e. The number of ether oxygens (including phenoxy) is 2. The summed E-state index contributed by atoms with van der Waals surface area (Å²) in [6.45, 7) is 1.50. The summed E-state index contributed by atoms with van der Waals surface area (Å²) in [6, 6.07) is 24.6. The van der Waals surface area contributed by atoms with Crippen LogP contribution in [-0.4, -0.2) is 73.6 Å². The predicted molar refractivity (Wildman–Crippen MR) is 151 cm³/mol. The quantitative estimate of drug-likeness (QED) is 0.470. The van der Waals surface area contributed by atoms with E-state index < -0.39 is 5.54 Å². The maximum atomic E-state index is 14.0. The number of carbonyl (C=O) groups excluding carboxylic acids is 3. The molecule has 208 valence electrons. The van der Waals surface area contributed by atoms with E-state index in [1.165, 1.54) is 0 Å². The second-order valence-electron chi connectivity index (χ2n) is 10.1. The smallest absolute Gasteiger partial charge is 0.254 e. The molecule has 40 heavy (non-hydrogen) atoms. The first-order valence-corrected chi connectivity index (χ1v) is 13.4. The molecular formula is C31H34N4O5. The van der Waals surface area contributed by atoms with Gasteiger partial charge >= 0.3 is 0 Å². The van der Waals surface area contributed by atoms with Crippen molar-refractivity contribution in [1.82, 2.24) is 15.1 Å². The van der Waals surface area contributed by atoms with Gasteiger partial charge in [-0.3, -0.25) is 14.4 Å². The molecule has 2 fully saturated rings. The minimum Gasteiger partial charge on any atom is -0.497 e. The fourth-order valence-electron chi connectivity index (χ4n) is 5.54. The number of benzene rings is 3. The summed E-state index contributed by atoms with van der Waals surface area (Å²) in [6.07, 6.45) is 0.908. The van der Waals surface area contributed by atoms with Crippen molar-refractivity contribution in [3.05, 3.63) is 90.0 Å². The zero-order valence-corrected chi connectivity index (χ0v) is 22.8. The molecule has 1 spiro atoms. The Morgan fingerprint density at radius 2 is 1.48 bits per heavy atom. The maximum absolute atomic E-state index is 14.0. The van der Waals surface area contributed by atoms with Gasteiger partial charge < -0.3 is 29.5 Å². The number of carbonyl (C=O) groups is 3. The Kier molecular flexibility index (Phi) is 7.91. The molecule has 0 unspecified atom stereocenters. The molecule has 3 amide bonds. The minimum atomic E-state index is -0.829. The number of nitrogens with one attached hydrogen (secondary N) is 1. The van der Waals surface area contributed by atoms with E-state index in [4.69, 9.17) is 9.47 Å². The molecule has 1 N–H and O–H groups in total. The zero-order valence-electron chi connectivity index (χ0n) is 22.8. The first-order valence-electron chi connectivity index (χ1n) is 13.4. The molecule has 0 radical (unpaired) electrons. The van der Waals surface area contributed by atoms with Crippen LogP contribution in [-0.2, 0) is 16.1 Å². The summed E-state index contributed by atoms with van der Waals surface area (Å²) in [5.41, 5.74) is 1.56. The molecule has 0 bridgehead atoms. The molecule has 3 aromatic rings. The van der Waals surface area contributed by atoms with Gasteiger partial charge in [0.15, 0.2) is 0 Å². The number of para-hydroxylation sites is 1. The Bertz CT molecular complexity index is 1330. The standard InChI is InChI=1S/C31H34N4O5/c1-39-26-17-24(18-27(19-26)40-2)29(37)33-15-13-31(14-16-33)30(38)34(22-35(31)25-11-7-4-8-12-25)21-28(36)32-20-23-9-5-3-6-10-23/h3-12,17-19H,13-16,20-22H2,1-2H3,(H,32,36). The molecule has 2 heterocycles. The van der Waals surface area contributed by atoms with Gasteiger partial charge in [-0.1, -0.05) is 48.5 Å². The van der Waals surface area contributed by atoms with E-state index in [0.29, 0.717) is 56.2 Å². The Balaban J connectivity index is 1.31. The lowest BCUT2D eigenvalue weighted by Crippen LogP contribution is -2.57. The van der Waals surface area contributed by atoms with E-state index in [1.54, 1.807) is 42.2 Å². The molecule has 9 heteroatoms. The highest BCUT2D eigenvalue weighted by Gasteiger charge is 2.54. The third-order valence-electron chi connectivity index (χ3n) is 7.73. The van der Waals surface area contributed by atoms with Crippen LogP contribution in [0.1, 0.15) is 28.8 Å². The fraction of sp³-hybridized carbons (Fsp3) is 0.323. The molecule has 3 aromatic carbocycles. The lowest BCUT2D eigenvalue weighted by molar-refractivity contribution is -0.137. The molecule has 0 atom stereocenters. The number of likely N-dealkylation sites (tertiary alicyclic amines) is 1. The van der Waals surface area contributed by atoms with Crippen molar-refractivity contribution in [2.45, 2.75) is 24.9 Å². The molecular weight excluding hydrogens is 508 g/mol. The first kappa shape index (κ1) is 27.1. The van der Waals surface area contributed by atoms with Crippen LogP contribution in [0.4, 0.5) is 5.69 Å². The molecule has 0 saturated carbocycles. The maximum Gasteiger partial charge on any atom is 0.254 e. The molecule has 0 aliphatic carbocycles. The number of piperidine rings is 1. The number of amides is 3. The van der Waals surface area contributed by atoms with E-state index in [1.807, 2.05) is 60.7 Å². The Morgan fingerprint density at radius 3 is 2.08 bits per heavy atom. The summed E-state index contributed by atoms with van der Waals surface area (Å²) < 4.78 is 10.7. The summed E-state index contributed by atoms with van der Waals surface area (Å²) in [5.74, 6) is 0.654. The van der Waals surface area contributed by atoms with Gasteiger partial charge in [0, 0.05) is 37.0 Å². The van der Waals surface area contributed by atoms with Crippen LogP contribution in [0.15, 0.2) is 78.9 Å². The van der Waals surface area contributed by atoms with Gasteiger partial charge in [0.25, 0.3) is 11.8 Å². The van der Waals surface area contributed by atoms with Gasteiger partial charge in [0.2, 0.25) is 5.91 Å². The van der Waals surface area contributed by atoms with Crippen LogP contribution in [0.2, 0.25) is 0 Å². The third-order valence-corrected chi connectivity index (χ3v) is 7.73. The summed E-state index contributed by atoms with van der Waals surface area (Å²) in [4.78, 5) is 45.7. The average Bonchev–Trinajstić information content (AvgIpc) is 3.26. The van der Waals surface area contributed by atoms with E-state index in [9.17, 15) is 14.4 Å². The lowest BCUT2D eigenvalue weighted by Gasteiger charge is -2.43. The van der Waals surface area contributed by atoms with Crippen LogP contribution < -0.4 is 19.7 Å². The van der Waals surface area contributed by atoms with Crippen LogP contribution in [0, 0.1) is 0 Å². The molecule has 2 aliphatic heterocycles. The van der Waals surface area contributed by atoms with Crippen LogP contribution in [0.5, 0.6) is 11.5 Å². The topological polar surface area (TPSA) is 91.4 Å². The second-order valence-corrected chi connectivity index (χ2v) is 10.1. The van der Waals surface area contributed by atoms with Crippen molar-refractivity contribution >= 4 is 23.4 Å². The van der Waals surface area contributed by atoms with Crippen molar-refractivity contribution in [1.29, 1.82) is 0 Å². The normalized spacial score (nSPS) is 16.2. The average molecular weight is 543 g/mol. The molecule has 2 saturated heterocycles. The van der Waals surface area contributed by atoms with Gasteiger partial charge in [0.05, 0.1) is 20.9 Å². The summed E-state index contributed by atoms with van der Waals surface area (Å²) >= 11 is 0. The Hall–Kier alpha value is -4.53. The number of rotatable bonds is 8. The molecule has 2 aliphatic rings. The predicted octanol–water partition coefficient (Wildman–Crippen LogP) is 3.30. The van der Waals surface area contributed by atoms with E-state index in [0.717, 1.165) is 11.3 Å². The van der Waals surface area contributed by atoms with Crippen molar-refractivity contribution in [2.75, 3.05) is 45.4 Å². The lowest BCUT2D eigenvalue weighted by atomic mass is 9.85. The molecule has 9 nitrogen and oxygen atoms in total. The number of hydrogen-bond donors (Lipinski definition) is 1. The highest BCUT2D eigenvalue weighted by atomic mass is 16.5. The van der Waals surface area contributed by atoms with Gasteiger partial charge in [-0.05, 0) is 42.7 Å². The number of methoxy groups -OCH3 is 2. The second kappa shape index (κ2) is 11.7. The summed E-state index contributed by atoms with van der Waals surface area (Å²) in [7, 11) is 3.09. The van der Waals surface area contributed by atoms with E-state index >= 15 is 0 Å². The highest BCUT2D eigenvalue weighted by molar-refractivity contribution is 5.98. The minimum absolute atomic E-state index is 0.0248. The number of hydrogen-bond acceptors (Lipinski definition) is 6. The Labute approximate surface area is 234 Å². The fourth-order valence-corrected chi connectivity index (χ4v) is 5.54. The van der Waals surface area contributed by atoms with Crippen molar-refractivity contribution in [3.63, 3.8) is 0 Å². The zero-order chi connectivity index (χ0) is 28.1. The molecule has 0 aromatic heterocycles. The number of nitrogens with zero attached hydrogens (tertiary/aromatic N) is 3. The third kappa shape index (κ3) is 5.45. The summed E-state index contributed by atoms with van der Waals surface area (Å²) in [5, 5.41) is 2.93. The van der Waals surface area contributed by atoms with Crippen LogP contribution >= 0.6 is 0 Å². The first-order chi connectivity index (χ1) is 19.4. The van der Waals surface area contributed by atoms with E-state index in [-0.39, 0.29) is 24.3 Å². The van der Waals surface area contributed by atoms with Crippen molar-refractivity contribution in [2.24, 2.45) is 0 Å².